The average molecular weight is 300 g/mol. The molecular formula is C16H20N4S. The second-order valence-electron chi connectivity index (χ2n) is 6.54. The Labute approximate surface area is 129 Å². The van der Waals surface area contributed by atoms with Gasteiger partial charge in [0.1, 0.15) is 0 Å². The molecule has 5 heteroatoms. The van der Waals surface area contributed by atoms with Crippen LogP contribution < -0.4 is 0 Å². The molecule has 4 atom stereocenters. The highest BCUT2D eigenvalue weighted by molar-refractivity contribution is 7.71. The van der Waals surface area contributed by atoms with Crippen LogP contribution in [0.1, 0.15) is 38.6 Å². The molecule has 4 nitrogen and oxygen atoms in total. The lowest BCUT2D eigenvalue weighted by Gasteiger charge is -2.29. The van der Waals surface area contributed by atoms with E-state index >= 15 is 0 Å². The van der Waals surface area contributed by atoms with Crippen LogP contribution in [0.25, 0.3) is 11.4 Å². The van der Waals surface area contributed by atoms with Gasteiger partial charge in [-0.15, -0.1) is 0 Å². The molecule has 2 aliphatic carbocycles. The molecule has 21 heavy (non-hydrogen) atoms. The van der Waals surface area contributed by atoms with Gasteiger partial charge in [0.2, 0.25) is 0 Å². The molecule has 2 heterocycles. The second-order valence-corrected chi connectivity index (χ2v) is 6.92. The van der Waals surface area contributed by atoms with Crippen molar-refractivity contribution in [2.45, 2.75) is 38.6 Å². The van der Waals surface area contributed by atoms with Gasteiger partial charge in [0.25, 0.3) is 0 Å². The summed E-state index contributed by atoms with van der Waals surface area (Å²) >= 11 is 5.50. The summed E-state index contributed by atoms with van der Waals surface area (Å²) in [6.07, 6.45) is 9.22. The third kappa shape index (κ3) is 2.14. The minimum atomic E-state index is 0.412. The van der Waals surface area contributed by atoms with Gasteiger partial charge >= 0.3 is 0 Å². The molecule has 2 fully saturated rings. The van der Waals surface area contributed by atoms with Gasteiger partial charge in [0.15, 0.2) is 10.6 Å². The highest BCUT2D eigenvalue weighted by Gasteiger charge is 2.42. The monoisotopic (exact) mass is 300 g/mol. The maximum Gasteiger partial charge on any atom is 0.195 e. The quantitative estimate of drug-likeness (QED) is 0.872. The maximum atomic E-state index is 5.50. The number of hydrogen-bond donors (Lipinski definition) is 1. The van der Waals surface area contributed by atoms with Gasteiger partial charge in [-0.1, -0.05) is 6.42 Å². The third-order valence-electron chi connectivity index (χ3n) is 5.46. The number of aromatic nitrogens is 4. The molecule has 0 amide bonds. The van der Waals surface area contributed by atoms with Gasteiger partial charge in [0, 0.05) is 24.0 Å². The van der Waals surface area contributed by atoms with E-state index in [1.807, 2.05) is 12.1 Å². The summed E-state index contributed by atoms with van der Waals surface area (Å²) in [6.45, 7) is 2.31. The van der Waals surface area contributed by atoms with Gasteiger partial charge in [-0.3, -0.25) is 14.6 Å². The average Bonchev–Trinajstić information content (AvgIpc) is 3.22. The summed E-state index contributed by atoms with van der Waals surface area (Å²) in [7, 11) is 0. The van der Waals surface area contributed by atoms with Crippen molar-refractivity contribution in [1.82, 2.24) is 19.7 Å². The summed E-state index contributed by atoms with van der Waals surface area (Å²) in [6, 6.07) is 4.40. The molecule has 4 unspecified atom stereocenters. The van der Waals surface area contributed by atoms with Crippen LogP contribution in [0.3, 0.4) is 0 Å². The SMILES string of the molecule is CC(C1CC2CCC1C2)n1c(-c2ccncc2)n[nH]c1=S. The number of fused-ring (bicyclic) bond motifs is 2. The van der Waals surface area contributed by atoms with Crippen LogP contribution in [0.2, 0.25) is 0 Å². The Morgan fingerprint density at radius 3 is 2.76 bits per heavy atom. The van der Waals surface area contributed by atoms with Crippen molar-refractivity contribution >= 4 is 12.2 Å². The first-order chi connectivity index (χ1) is 10.2. The number of pyridine rings is 1. The predicted molar refractivity (Wildman–Crippen MR) is 84.3 cm³/mol. The fourth-order valence-corrected chi connectivity index (χ4v) is 4.76. The molecule has 4 rings (SSSR count). The molecule has 0 aromatic carbocycles. The van der Waals surface area contributed by atoms with Crippen LogP contribution in [-0.2, 0) is 0 Å². The van der Waals surface area contributed by atoms with Crippen molar-refractivity contribution in [2.24, 2.45) is 17.8 Å². The first-order valence-corrected chi connectivity index (χ1v) is 8.22. The van der Waals surface area contributed by atoms with Crippen LogP contribution in [0.5, 0.6) is 0 Å². The van der Waals surface area contributed by atoms with E-state index in [4.69, 9.17) is 12.2 Å². The summed E-state index contributed by atoms with van der Waals surface area (Å²) in [5, 5.41) is 7.44. The van der Waals surface area contributed by atoms with E-state index < -0.39 is 0 Å². The molecule has 2 aliphatic rings. The van der Waals surface area contributed by atoms with Crippen LogP contribution in [0, 0.1) is 22.5 Å². The van der Waals surface area contributed by atoms with Crippen LogP contribution in [-0.4, -0.2) is 19.7 Å². The lowest BCUT2D eigenvalue weighted by molar-refractivity contribution is 0.242. The Bertz CT molecular complexity index is 690. The molecule has 2 aromatic heterocycles. The summed E-state index contributed by atoms with van der Waals surface area (Å²) in [4.78, 5) is 4.09. The van der Waals surface area contributed by atoms with Gasteiger partial charge in [-0.2, -0.15) is 5.10 Å². The van der Waals surface area contributed by atoms with Gasteiger partial charge in [-0.25, -0.2) is 0 Å². The zero-order valence-corrected chi connectivity index (χ0v) is 13.0. The normalized spacial score (nSPS) is 28.9. The van der Waals surface area contributed by atoms with Crippen molar-refractivity contribution in [1.29, 1.82) is 0 Å². The molecule has 110 valence electrons. The summed E-state index contributed by atoms with van der Waals surface area (Å²) in [5.41, 5.74) is 1.08. The summed E-state index contributed by atoms with van der Waals surface area (Å²) in [5.74, 6) is 3.52. The Hall–Kier alpha value is -1.49. The second kappa shape index (κ2) is 5.05. The Morgan fingerprint density at radius 2 is 2.10 bits per heavy atom. The zero-order chi connectivity index (χ0) is 14.4. The number of rotatable bonds is 3. The first-order valence-electron chi connectivity index (χ1n) is 7.81. The minimum Gasteiger partial charge on any atom is -0.297 e. The van der Waals surface area contributed by atoms with E-state index in [0.717, 1.165) is 33.9 Å². The molecular weight excluding hydrogens is 280 g/mol. The van der Waals surface area contributed by atoms with E-state index in [2.05, 4.69) is 26.7 Å². The third-order valence-corrected chi connectivity index (χ3v) is 5.75. The molecule has 2 bridgehead atoms. The number of nitrogens with one attached hydrogen (secondary N) is 1. The van der Waals surface area contributed by atoms with Gasteiger partial charge < -0.3 is 0 Å². The Balaban J connectivity index is 1.72. The van der Waals surface area contributed by atoms with E-state index in [1.54, 1.807) is 12.4 Å². The number of hydrogen-bond acceptors (Lipinski definition) is 3. The molecule has 0 spiro atoms. The lowest BCUT2D eigenvalue weighted by atomic mass is 9.84. The van der Waals surface area contributed by atoms with Gasteiger partial charge in [-0.05, 0) is 68.3 Å². The highest BCUT2D eigenvalue weighted by atomic mass is 32.1. The molecule has 2 saturated carbocycles. The highest BCUT2D eigenvalue weighted by Crippen LogP contribution is 2.52. The van der Waals surface area contributed by atoms with Crippen LogP contribution in [0.15, 0.2) is 24.5 Å². The van der Waals surface area contributed by atoms with Crippen molar-refractivity contribution in [2.75, 3.05) is 0 Å². The Kier molecular flexibility index (Phi) is 3.17. The van der Waals surface area contributed by atoms with Gasteiger partial charge in [0.05, 0.1) is 0 Å². The predicted octanol–water partition coefficient (Wildman–Crippen LogP) is 4.00. The summed E-state index contributed by atoms with van der Waals surface area (Å²) < 4.78 is 2.95. The van der Waals surface area contributed by atoms with E-state index in [1.165, 1.54) is 25.7 Å². The number of H-pyrrole nitrogens is 1. The number of aromatic amines is 1. The largest absolute Gasteiger partial charge is 0.297 e. The minimum absolute atomic E-state index is 0.412. The smallest absolute Gasteiger partial charge is 0.195 e. The number of nitrogens with zero attached hydrogens (tertiary/aromatic N) is 3. The maximum absolute atomic E-state index is 5.50. The van der Waals surface area contributed by atoms with Crippen LogP contribution in [0.4, 0.5) is 0 Å². The van der Waals surface area contributed by atoms with E-state index in [0.29, 0.717) is 6.04 Å². The van der Waals surface area contributed by atoms with Crippen molar-refractivity contribution < 1.29 is 0 Å². The fourth-order valence-electron chi connectivity index (χ4n) is 4.46. The Morgan fingerprint density at radius 1 is 1.29 bits per heavy atom. The standard InChI is InChI=1S/C16H20N4S/c1-10(14-9-11-2-3-13(14)8-11)20-15(18-19-16(20)21)12-4-6-17-7-5-12/h4-7,10-11,13-14H,2-3,8-9H2,1H3,(H,19,21). The molecule has 2 aromatic rings. The topological polar surface area (TPSA) is 46.5 Å². The van der Waals surface area contributed by atoms with Crippen molar-refractivity contribution in [3.63, 3.8) is 0 Å². The molecule has 0 radical (unpaired) electrons. The van der Waals surface area contributed by atoms with E-state index in [-0.39, 0.29) is 0 Å². The fraction of sp³-hybridized carbons (Fsp3) is 0.562. The van der Waals surface area contributed by atoms with Crippen molar-refractivity contribution in [3.05, 3.63) is 29.3 Å². The molecule has 0 aliphatic heterocycles. The zero-order valence-electron chi connectivity index (χ0n) is 12.2. The molecule has 1 N–H and O–H groups in total. The lowest BCUT2D eigenvalue weighted by Crippen LogP contribution is -2.22. The first kappa shape index (κ1) is 13.2. The molecule has 0 saturated heterocycles. The van der Waals surface area contributed by atoms with Crippen LogP contribution >= 0.6 is 12.2 Å². The van der Waals surface area contributed by atoms with E-state index in [9.17, 15) is 0 Å². The van der Waals surface area contributed by atoms with Crippen molar-refractivity contribution in [3.8, 4) is 11.4 Å².